The average Bonchev–Trinajstić information content (AvgIpc) is 2.86. The van der Waals surface area contributed by atoms with Crippen molar-refractivity contribution < 1.29 is 14.4 Å². The van der Waals surface area contributed by atoms with Crippen LogP contribution in [0.3, 0.4) is 0 Å². The molecule has 0 radical (unpaired) electrons. The summed E-state index contributed by atoms with van der Waals surface area (Å²) in [6.07, 6.45) is 1.52. The summed E-state index contributed by atoms with van der Waals surface area (Å²) in [7, 11) is 0. The second-order valence-electron chi connectivity index (χ2n) is 3.12. The number of nitrogens with zero attached hydrogens (tertiary/aromatic N) is 1. The lowest BCUT2D eigenvalue weighted by molar-refractivity contribution is 0.0685. The molecule has 0 aromatic carbocycles. The van der Waals surface area contributed by atoms with Crippen LogP contribution in [0.15, 0.2) is 27.4 Å². The molecule has 2 aromatic rings. The molecule has 0 spiro atoms. The number of hydrogen-bond acceptors (Lipinski definition) is 4. The summed E-state index contributed by atoms with van der Waals surface area (Å²) >= 11 is 1.64. The monoisotopic (exact) mass is 223 g/mol. The molecule has 0 bridgehead atoms. The third kappa shape index (κ3) is 2.44. The normalized spacial score (nSPS) is 10.4. The molecule has 0 saturated heterocycles. The molecule has 5 heteroatoms. The van der Waals surface area contributed by atoms with Gasteiger partial charge < -0.3 is 9.63 Å². The molecule has 2 rings (SSSR count). The van der Waals surface area contributed by atoms with Gasteiger partial charge in [-0.1, -0.05) is 5.16 Å². The van der Waals surface area contributed by atoms with E-state index in [-0.39, 0.29) is 5.69 Å². The highest BCUT2D eigenvalue weighted by atomic mass is 32.1. The number of carboxylic acids is 1. The van der Waals surface area contributed by atoms with Gasteiger partial charge in [-0.2, -0.15) is 11.3 Å². The Morgan fingerprint density at radius 2 is 2.40 bits per heavy atom. The van der Waals surface area contributed by atoms with E-state index in [4.69, 9.17) is 9.63 Å². The highest BCUT2D eigenvalue weighted by molar-refractivity contribution is 7.07. The zero-order chi connectivity index (χ0) is 10.7. The summed E-state index contributed by atoms with van der Waals surface area (Å²) in [5, 5.41) is 16.1. The van der Waals surface area contributed by atoms with Crippen molar-refractivity contribution in [3.8, 4) is 0 Å². The predicted molar refractivity (Wildman–Crippen MR) is 55.2 cm³/mol. The van der Waals surface area contributed by atoms with E-state index < -0.39 is 5.97 Å². The molecule has 0 atom stereocenters. The van der Waals surface area contributed by atoms with Gasteiger partial charge in [0.25, 0.3) is 0 Å². The maximum atomic E-state index is 10.5. The molecule has 2 aromatic heterocycles. The summed E-state index contributed by atoms with van der Waals surface area (Å²) in [6, 6.07) is 3.51. The maximum absolute atomic E-state index is 10.5. The number of carboxylic acid groups (broad SMARTS) is 1. The van der Waals surface area contributed by atoms with Gasteiger partial charge in [0.05, 0.1) is 0 Å². The Balaban J connectivity index is 1.96. The number of rotatable bonds is 4. The van der Waals surface area contributed by atoms with Gasteiger partial charge in [0.15, 0.2) is 5.69 Å². The van der Waals surface area contributed by atoms with Crippen LogP contribution in [0.25, 0.3) is 0 Å². The number of thiophene rings is 1. The average molecular weight is 223 g/mol. The lowest BCUT2D eigenvalue weighted by Crippen LogP contribution is -1.94. The Bertz CT molecular complexity index is 447. The van der Waals surface area contributed by atoms with E-state index in [1.54, 1.807) is 11.3 Å². The number of carbonyl (C=O) groups is 1. The van der Waals surface area contributed by atoms with E-state index in [1.165, 1.54) is 11.6 Å². The van der Waals surface area contributed by atoms with Crippen molar-refractivity contribution in [1.29, 1.82) is 0 Å². The Morgan fingerprint density at radius 1 is 1.53 bits per heavy atom. The minimum absolute atomic E-state index is 0.0321. The summed E-state index contributed by atoms with van der Waals surface area (Å²) in [6.45, 7) is 0. The van der Waals surface area contributed by atoms with E-state index in [0.717, 1.165) is 6.42 Å². The van der Waals surface area contributed by atoms with Crippen molar-refractivity contribution in [2.45, 2.75) is 12.8 Å². The number of aromatic nitrogens is 1. The quantitative estimate of drug-likeness (QED) is 0.863. The SMILES string of the molecule is O=C(O)c1cc(CCc2ccsc2)on1. The molecule has 0 aliphatic rings. The van der Waals surface area contributed by atoms with Gasteiger partial charge in [-0.3, -0.25) is 0 Å². The topological polar surface area (TPSA) is 63.3 Å². The van der Waals surface area contributed by atoms with Crippen LogP contribution in [0.4, 0.5) is 0 Å². The minimum atomic E-state index is -1.06. The standard InChI is InChI=1S/C10H9NO3S/c12-10(13)9-5-8(14-11-9)2-1-7-3-4-15-6-7/h3-6H,1-2H2,(H,12,13). The minimum Gasteiger partial charge on any atom is -0.476 e. The Hall–Kier alpha value is -1.62. The molecular weight excluding hydrogens is 214 g/mol. The smallest absolute Gasteiger partial charge is 0.358 e. The Morgan fingerprint density at radius 3 is 3.00 bits per heavy atom. The molecule has 0 amide bonds. The van der Waals surface area contributed by atoms with Gasteiger partial charge in [-0.15, -0.1) is 0 Å². The largest absolute Gasteiger partial charge is 0.476 e. The second-order valence-corrected chi connectivity index (χ2v) is 3.90. The molecule has 15 heavy (non-hydrogen) atoms. The molecule has 4 nitrogen and oxygen atoms in total. The van der Waals surface area contributed by atoms with E-state index in [2.05, 4.69) is 10.5 Å². The molecule has 0 unspecified atom stereocenters. The van der Waals surface area contributed by atoms with Gasteiger partial charge in [0.1, 0.15) is 5.76 Å². The summed E-state index contributed by atoms with van der Waals surface area (Å²) in [5.41, 5.74) is 1.20. The number of hydrogen-bond donors (Lipinski definition) is 1. The molecule has 78 valence electrons. The highest BCUT2D eigenvalue weighted by Crippen LogP contribution is 2.11. The first-order chi connectivity index (χ1) is 7.25. The van der Waals surface area contributed by atoms with Crippen molar-refractivity contribution in [3.05, 3.63) is 39.9 Å². The van der Waals surface area contributed by atoms with Crippen molar-refractivity contribution in [2.24, 2.45) is 0 Å². The van der Waals surface area contributed by atoms with Crippen LogP contribution in [0.1, 0.15) is 21.8 Å². The van der Waals surface area contributed by atoms with Crippen LogP contribution in [0.2, 0.25) is 0 Å². The van der Waals surface area contributed by atoms with Crippen molar-refractivity contribution in [2.75, 3.05) is 0 Å². The van der Waals surface area contributed by atoms with E-state index in [9.17, 15) is 4.79 Å². The lowest BCUT2D eigenvalue weighted by Gasteiger charge is -1.92. The zero-order valence-electron chi connectivity index (χ0n) is 7.84. The Kier molecular flexibility index (Phi) is 2.82. The lowest BCUT2D eigenvalue weighted by atomic mass is 10.1. The van der Waals surface area contributed by atoms with Gasteiger partial charge in [-0.25, -0.2) is 4.79 Å². The van der Waals surface area contributed by atoms with Gasteiger partial charge in [-0.05, 0) is 28.8 Å². The van der Waals surface area contributed by atoms with Crippen molar-refractivity contribution in [1.82, 2.24) is 5.16 Å². The fraction of sp³-hybridized carbons (Fsp3) is 0.200. The van der Waals surface area contributed by atoms with E-state index >= 15 is 0 Å². The van der Waals surface area contributed by atoms with Gasteiger partial charge in [0, 0.05) is 12.5 Å². The molecule has 0 aliphatic carbocycles. The zero-order valence-corrected chi connectivity index (χ0v) is 8.66. The molecule has 0 aliphatic heterocycles. The van der Waals surface area contributed by atoms with Crippen LogP contribution in [-0.4, -0.2) is 16.2 Å². The molecule has 0 saturated carbocycles. The van der Waals surface area contributed by atoms with Crippen LogP contribution in [0, 0.1) is 0 Å². The number of aryl methyl sites for hydroxylation is 2. The molecule has 1 N–H and O–H groups in total. The van der Waals surface area contributed by atoms with Crippen LogP contribution in [0.5, 0.6) is 0 Å². The van der Waals surface area contributed by atoms with Crippen LogP contribution >= 0.6 is 11.3 Å². The third-order valence-electron chi connectivity index (χ3n) is 2.02. The van der Waals surface area contributed by atoms with Crippen molar-refractivity contribution >= 4 is 17.3 Å². The van der Waals surface area contributed by atoms with Gasteiger partial charge >= 0.3 is 5.97 Å². The second kappa shape index (κ2) is 4.27. The fourth-order valence-electron chi connectivity index (χ4n) is 1.23. The molecule has 2 heterocycles. The first-order valence-corrected chi connectivity index (χ1v) is 5.40. The fourth-order valence-corrected chi connectivity index (χ4v) is 1.94. The first-order valence-electron chi connectivity index (χ1n) is 4.45. The maximum Gasteiger partial charge on any atom is 0.358 e. The molecular formula is C10H9NO3S. The predicted octanol–water partition coefficient (Wildman–Crippen LogP) is 2.22. The third-order valence-corrected chi connectivity index (χ3v) is 2.75. The van der Waals surface area contributed by atoms with Crippen LogP contribution in [-0.2, 0) is 12.8 Å². The summed E-state index contributed by atoms with van der Waals surface area (Å²) in [4.78, 5) is 10.5. The first kappa shape index (κ1) is 9.92. The Labute approximate surface area is 90.1 Å². The summed E-state index contributed by atoms with van der Waals surface area (Å²) in [5.74, 6) is -0.445. The van der Waals surface area contributed by atoms with E-state index in [0.29, 0.717) is 12.2 Å². The van der Waals surface area contributed by atoms with Gasteiger partial charge in [0.2, 0.25) is 0 Å². The number of aromatic carboxylic acids is 1. The van der Waals surface area contributed by atoms with Crippen molar-refractivity contribution in [3.63, 3.8) is 0 Å². The van der Waals surface area contributed by atoms with E-state index in [1.807, 2.05) is 11.4 Å². The highest BCUT2D eigenvalue weighted by Gasteiger charge is 2.10. The van der Waals surface area contributed by atoms with Crippen LogP contribution < -0.4 is 0 Å². The summed E-state index contributed by atoms with van der Waals surface area (Å²) < 4.78 is 4.90. The molecule has 0 fully saturated rings.